The summed E-state index contributed by atoms with van der Waals surface area (Å²) in [6, 6.07) is -0.383. The molecular weight excluding hydrogens is 196 g/mol. The molecule has 2 aliphatic rings. The van der Waals surface area contributed by atoms with Crippen LogP contribution in [0, 0.1) is 0 Å². The van der Waals surface area contributed by atoms with Crippen LogP contribution in [0.2, 0.25) is 0 Å². The van der Waals surface area contributed by atoms with Gasteiger partial charge in [-0.25, -0.2) is 14.5 Å². The predicted molar refractivity (Wildman–Crippen MR) is 54.0 cm³/mol. The van der Waals surface area contributed by atoms with E-state index in [0.29, 0.717) is 6.04 Å². The molecule has 3 N–H and O–H groups in total. The van der Waals surface area contributed by atoms with Crippen molar-refractivity contribution in [1.82, 2.24) is 20.9 Å². The van der Waals surface area contributed by atoms with Crippen LogP contribution in [-0.2, 0) is 0 Å². The lowest BCUT2D eigenvalue weighted by molar-refractivity contribution is 0.148. The minimum absolute atomic E-state index is 0.133. The van der Waals surface area contributed by atoms with Crippen molar-refractivity contribution in [3.8, 4) is 0 Å². The number of imide groups is 1. The van der Waals surface area contributed by atoms with Crippen LogP contribution in [0.15, 0.2) is 0 Å². The van der Waals surface area contributed by atoms with Gasteiger partial charge in [0, 0.05) is 12.1 Å². The lowest BCUT2D eigenvalue weighted by Gasteiger charge is -2.34. The highest BCUT2D eigenvalue weighted by atomic mass is 16.2. The second-order valence-electron chi connectivity index (χ2n) is 4.24. The maximum Gasteiger partial charge on any atom is 0.328 e. The molecule has 1 saturated carbocycles. The maximum absolute atomic E-state index is 11.6. The quantitative estimate of drug-likeness (QED) is 0.624. The molecule has 15 heavy (non-hydrogen) atoms. The fourth-order valence-electron chi connectivity index (χ4n) is 1.55. The Bertz CT molecular complexity index is 270. The van der Waals surface area contributed by atoms with Gasteiger partial charge >= 0.3 is 12.1 Å². The second-order valence-corrected chi connectivity index (χ2v) is 4.24. The zero-order valence-electron chi connectivity index (χ0n) is 8.91. The summed E-state index contributed by atoms with van der Waals surface area (Å²) in [5, 5.41) is 8.51. The molecule has 0 unspecified atom stereocenters. The average Bonchev–Trinajstić information content (AvgIpc) is 2.85. The number of hydrogen-bond donors (Lipinski definition) is 3. The van der Waals surface area contributed by atoms with Crippen LogP contribution in [0.25, 0.3) is 0 Å². The van der Waals surface area contributed by atoms with E-state index in [4.69, 9.17) is 0 Å². The molecule has 1 saturated heterocycles. The number of amides is 4. The van der Waals surface area contributed by atoms with E-state index >= 15 is 0 Å². The highest BCUT2D eigenvalue weighted by molar-refractivity contribution is 5.96. The third-order valence-corrected chi connectivity index (χ3v) is 2.47. The summed E-state index contributed by atoms with van der Waals surface area (Å²) in [4.78, 5) is 24.3. The Labute approximate surface area is 88.4 Å². The maximum atomic E-state index is 11.6. The molecule has 0 spiro atoms. The van der Waals surface area contributed by atoms with Gasteiger partial charge < -0.3 is 10.6 Å². The molecule has 84 valence electrons. The Hall–Kier alpha value is -1.30. The van der Waals surface area contributed by atoms with Gasteiger partial charge in [0.25, 0.3) is 0 Å². The van der Waals surface area contributed by atoms with E-state index in [2.05, 4.69) is 16.0 Å². The van der Waals surface area contributed by atoms with Crippen molar-refractivity contribution in [2.75, 3.05) is 0 Å². The highest BCUT2D eigenvalue weighted by Gasteiger charge is 2.35. The van der Waals surface area contributed by atoms with Crippen molar-refractivity contribution in [3.63, 3.8) is 0 Å². The van der Waals surface area contributed by atoms with E-state index in [-0.39, 0.29) is 18.1 Å². The largest absolute Gasteiger partial charge is 0.328 e. The SMILES string of the molecule is CC(C)N1C(=O)NC(NC2CC2)NC1=O. The molecule has 4 amide bonds. The molecule has 2 rings (SSSR count). The first-order valence-electron chi connectivity index (χ1n) is 5.24. The Balaban J connectivity index is 1.95. The Morgan fingerprint density at radius 2 is 1.80 bits per heavy atom. The van der Waals surface area contributed by atoms with Crippen LogP contribution in [0.4, 0.5) is 9.59 Å². The van der Waals surface area contributed by atoms with Gasteiger partial charge in [-0.1, -0.05) is 0 Å². The molecule has 1 aliphatic carbocycles. The zero-order chi connectivity index (χ0) is 11.0. The minimum Gasteiger partial charge on any atom is -0.305 e. The monoisotopic (exact) mass is 212 g/mol. The first-order chi connectivity index (χ1) is 7.08. The van der Waals surface area contributed by atoms with E-state index in [0.717, 1.165) is 12.8 Å². The zero-order valence-corrected chi connectivity index (χ0v) is 8.91. The summed E-state index contributed by atoms with van der Waals surface area (Å²) in [7, 11) is 0. The molecule has 1 aliphatic heterocycles. The van der Waals surface area contributed by atoms with E-state index in [1.807, 2.05) is 0 Å². The van der Waals surface area contributed by atoms with Crippen molar-refractivity contribution in [2.45, 2.75) is 45.1 Å². The summed E-state index contributed by atoms with van der Waals surface area (Å²) in [5.74, 6) is 0. The summed E-state index contributed by atoms with van der Waals surface area (Å²) in [6.07, 6.45) is 1.79. The summed E-state index contributed by atoms with van der Waals surface area (Å²) < 4.78 is 0. The highest BCUT2D eigenvalue weighted by Crippen LogP contribution is 2.19. The van der Waals surface area contributed by atoms with Crippen LogP contribution in [0.1, 0.15) is 26.7 Å². The molecule has 0 aromatic rings. The van der Waals surface area contributed by atoms with Gasteiger partial charge in [0.1, 0.15) is 0 Å². The first-order valence-corrected chi connectivity index (χ1v) is 5.24. The van der Waals surface area contributed by atoms with Gasteiger partial charge in [0.05, 0.1) is 0 Å². The lowest BCUT2D eigenvalue weighted by Crippen LogP contribution is -2.69. The molecule has 1 heterocycles. The number of carbonyl (C=O) groups excluding carboxylic acids is 2. The third kappa shape index (κ3) is 2.20. The summed E-state index contributed by atoms with van der Waals surface area (Å²) >= 11 is 0. The summed E-state index contributed by atoms with van der Waals surface area (Å²) in [5.41, 5.74) is 0. The number of urea groups is 2. The van der Waals surface area contributed by atoms with E-state index in [1.165, 1.54) is 4.90 Å². The molecule has 0 radical (unpaired) electrons. The van der Waals surface area contributed by atoms with Crippen LogP contribution in [-0.4, -0.2) is 35.3 Å². The van der Waals surface area contributed by atoms with E-state index < -0.39 is 6.29 Å². The molecule has 6 heteroatoms. The molecule has 0 bridgehead atoms. The Morgan fingerprint density at radius 3 is 2.20 bits per heavy atom. The third-order valence-electron chi connectivity index (χ3n) is 2.47. The smallest absolute Gasteiger partial charge is 0.305 e. The van der Waals surface area contributed by atoms with Crippen LogP contribution < -0.4 is 16.0 Å². The average molecular weight is 212 g/mol. The van der Waals surface area contributed by atoms with Gasteiger partial charge in [0.2, 0.25) is 0 Å². The topological polar surface area (TPSA) is 73.5 Å². The lowest BCUT2D eigenvalue weighted by atomic mass is 10.3. The van der Waals surface area contributed by atoms with Crippen molar-refractivity contribution < 1.29 is 9.59 Å². The van der Waals surface area contributed by atoms with Gasteiger partial charge in [-0.15, -0.1) is 0 Å². The van der Waals surface area contributed by atoms with Crippen molar-refractivity contribution >= 4 is 12.1 Å². The predicted octanol–water partition coefficient (Wildman–Crippen LogP) is 0.165. The van der Waals surface area contributed by atoms with Crippen LogP contribution in [0.5, 0.6) is 0 Å². The molecule has 6 nitrogen and oxygen atoms in total. The van der Waals surface area contributed by atoms with Crippen LogP contribution >= 0.6 is 0 Å². The molecule has 0 atom stereocenters. The number of carbonyl (C=O) groups is 2. The second kappa shape index (κ2) is 3.69. The standard InChI is InChI=1S/C9H16N4O2/c1-5(2)13-8(14)11-7(12-9(13)15)10-6-3-4-6/h5-7,10H,3-4H2,1-2H3,(H,11,14)(H,12,15). The van der Waals surface area contributed by atoms with Crippen molar-refractivity contribution in [3.05, 3.63) is 0 Å². The fourth-order valence-corrected chi connectivity index (χ4v) is 1.55. The first kappa shape index (κ1) is 10.2. The Morgan fingerprint density at radius 1 is 1.27 bits per heavy atom. The Kier molecular flexibility index (Phi) is 2.52. The number of nitrogens with zero attached hydrogens (tertiary/aromatic N) is 1. The summed E-state index contributed by atoms with van der Waals surface area (Å²) in [6.45, 7) is 3.60. The molecule has 2 fully saturated rings. The number of hydrogen-bond acceptors (Lipinski definition) is 3. The molecule has 0 aromatic heterocycles. The van der Waals surface area contributed by atoms with Gasteiger partial charge in [-0.05, 0) is 26.7 Å². The number of rotatable bonds is 3. The van der Waals surface area contributed by atoms with Crippen molar-refractivity contribution in [2.24, 2.45) is 0 Å². The normalized spacial score (nSPS) is 23.0. The van der Waals surface area contributed by atoms with Gasteiger partial charge in [-0.2, -0.15) is 0 Å². The number of nitrogens with one attached hydrogen (secondary N) is 3. The van der Waals surface area contributed by atoms with Crippen LogP contribution in [0.3, 0.4) is 0 Å². The van der Waals surface area contributed by atoms with E-state index in [1.54, 1.807) is 13.8 Å². The van der Waals surface area contributed by atoms with Crippen molar-refractivity contribution in [1.29, 1.82) is 0 Å². The molecular formula is C9H16N4O2. The van der Waals surface area contributed by atoms with Gasteiger partial charge in [-0.3, -0.25) is 5.32 Å². The molecule has 0 aromatic carbocycles. The fraction of sp³-hybridized carbons (Fsp3) is 0.778. The minimum atomic E-state index is -0.424. The van der Waals surface area contributed by atoms with Gasteiger partial charge in [0.15, 0.2) is 6.29 Å². The van der Waals surface area contributed by atoms with E-state index in [9.17, 15) is 9.59 Å².